The highest BCUT2D eigenvalue weighted by molar-refractivity contribution is 6.22. The number of hydrogen-bond acceptors (Lipinski definition) is 3. The third-order valence-corrected chi connectivity index (χ3v) is 13.0. The minimum atomic E-state index is 0.712. The number of benzene rings is 10. The van der Waals surface area contributed by atoms with Crippen LogP contribution in [0.15, 0.2) is 232 Å². The molecule has 302 valence electrons. The summed E-state index contributed by atoms with van der Waals surface area (Å²) < 4.78 is 6.68. The molecule has 1 aromatic heterocycles. The first-order valence-electron chi connectivity index (χ1n) is 22.1. The molecule has 0 radical (unpaired) electrons. The number of aliphatic imine (C=N–C) groups is 2. The Kier molecular flexibility index (Phi) is 9.19. The summed E-state index contributed by atoms with van der Waals surface area (Å²) in [6.07, 6.45) is 1.65. The fraction of sp³-hybridized carbons (Fsp3) is 0.0492. The lowest BCUT2D eigenvalue weighted by atomic mass is 9.91. The molecule has 0 unspecified atom stereocenters. The lowest BCUT2D eigenvalue weighted by molar-refractivity contribution is 0.669. The van der Waals surface area contributed by atoms with Crippen LogP contribution < -0.4 is 0 Å². The monoisotopic (exact) mass is 818 g/mol. The van der Waals surface area contributed by atoms with Gasteiger partial charge in [0.25, 0.3) is 0 Å². The average molecular weight is 819 g/mol. The first-order valence-corrected chi connectivity index (χ1v) is 22.1. The predicted molar refractivity (Wildman–Crippen MR) is 270 cm³/mol. The van der Waals surface area contributed by atoms with Crippen LogP contribution in [0.25, 0.3) is 93.3 Å². The maximum absolute atomic E-state index is 6.68. The van der Waals surface area contributed by atoms with Gasteiger partial charge in [0.1, 0.15) is 11.2 Å². The summed E-state index contributed by atoms with van der Waals surface area (Å²) in [6.45, 7) is 2.25. The van der Waals surface area contributed by atoms with Crippen molar-refractivity contribution < 1.29 is 4.42 Å². The molecule has 0 aliphatic carbocycles. The molecule has 10 aromatic carbocycles. The van der Waals surface area contributed by atoms with Gasteiger partial charge in [0, 0.05) is 21.9 Å². The number of furan rings is 1. The van der Waals surface area contributed by atoms with Gasteiger partial charge in [-0.2, -0.15) is 0 Å². The van der Waals surface area contributed by atoms with Crippen LogP contribution in [0.1, 0.15) is 36.5 Å². The fourth-order valence-corrected chi connectivity index (χ4v) is 9.80. The van der Waals surface area contributed by atoms with Gasteiger partial charge in [-0.05, 0) is 133 Å². The van der Waals surface area contributed by atoms with Crippen LogP contribution in [0.5, 0.6) is 0 Å². The molecule has 0 saturated carbocycles. The van der Waals surface area contributed by atoms with Crippen molar-refractivity contribution in [3.63, 3.8) is 0 Å². The molecule has 0 N–H and O–H groups in total. The van der Waals surface area contributed by atoms with E-state index in [1.165, 1.54) is 38.2 Å². The van der Waals surface area contributed by atoms with Gasteiger partial charge in [0.15, 0.2) is 5.84 Å². The molecule has 12 rings (SSSR count). The molecule has 0 bridgehead atoms. The first kappa shape index (κ1) is 37.6. The van der Waals surface area contributed by atoms with E-state index in [-0.39, 0.29) is 0 Å². The maximum Gasteiger partial charge on any atom is 0.160 e. The molecule has 1 aliphatic rings. The van der Waals surface area contributed by atoms with Crippen LogP contribution in [0.2, 0.25) is 0 Å². The molecule has 11 aromatic rings. The van der Waals surface area contributed by atoms with E-state index in [0.29, 0.717) is 5.84 Å². The van der Waals surface area contributed by atoms with E-state index in [1.54, 1.807) is 0 Å². The van der Waals surface area contributed by atoms with Crippen LogP contribution in [0.3, 0.4) is 0 Å². The SMILES string of the molecule is C\C1=C(c2cc3ccccc3c3ccccc23)/N=C(c2ccc(-c3cccc4oc5cc(-c6cccc(-c7ccccc7)c6)ccc5c34)c3ccccc23)\N=C(\c2ccccc2)CC1. The number of allylic oxidation sites excluding steroid dienone is 1. The lowest BCUT2D eigenvalue weighted by Crippen LogP contribution is -2.11. The van der Waals surface area contributed by atoms with Gasteiger partial charge in [0.2, 0.25) is 0 Å². The van der Waals surface area contributed by atoms with E-state index in [4.69, 9.17) is 14.4 Å². The van der Waals surface area contributed by atoms with Crippen molar-refractivity contribution in [2.75, 3.05) is 0 Å². The van der Waals surface area contributed by atoms with Gasteiger partial charge < -0.3 is 4.42 Å². The Labute approximate surface area is 372 Å². The molecule has 0 amide bonds. The highest BCUT2D eigenvalue weighted by Crippen LogP contribution is 2.42. The third kappa shape index (κ3) is 6.53. The molecule has 64 heavy (non-hydrogen) atoms. The van der Waals surface area contributed by atoms with Gasteiger partial charge >= 0.3 is 0 Å². The van der Waals surface area contributed by atoms with E-state index in [2.05, 4.69) is 219 Å². The largest absolute Gasteiger partial charge is 0.456 e. The second kappa shape index (κ2) is 15.6. The Balaban J connectivity index is 1.03. The van der Waals surface area contributed by atoms with Crippen LogP contribution in [-0.2, 0) is 0 Å². The molecular formula is C61H42N2O. The third-order valence-electron chi connectivity index (χ3n) is 13.0. The second-order valence-electron chi connectivity index (χ2n) is 16.8. The van der Waals surface area contributed by atoms with E-state index in [0.717, 1.165) is 95.9 Å². The quantitative estimate of drug-likeness (QED) is 0.154. The molecular weight excluding hydrogens is 777 g/mol. The summed E-state index contributed by atoms with van der Waals surface area (Å²) in [5.74, 6) is 0.712. The Bertz CT molecular complexity index is 3720. The highest BCUT2D eigenvalue weighted by Gasteiger charge is 2.22. The number of hydrogen-bond donors (Lipinski definition) is 0. The number of rotatable bonds is 6. The predicted octanol–water partition coefficient (Wildman–Crippen LogP) is 16.5. The summed E-state index contributed by atoms with van der Waals surface area (Å²) in [5, 5.41) is 9.31. The second-order valence-corrected chi connectivity index (χ2v) is 16.8. The maximum atomic E-state index is 6.68. The van der Waals surface area contributed by atoms with E-state index < -0.39 is 0 Å². The average Bonchev–Trinajstić information content (AvgIpc) is 3.74. The summed E-state index contributed by atoms with van der Waals surface area (Å²) in [4.78, 5) is 11.2. The zero-order chi connectivity index (χ0) is 42.6. The summed E-state index contributed by atoms with van der Waals surface area (Å²) in [5.41, 5.74) is 15.2. The van der Waals surface area contributed by atoms with Gasteiger partial charge in [-0.3, -0.25) is 0 Å². The minimum Gasteiger partial charge on any atom is -0.456 e. The van der Waals surface area contributed by atoms with Crippen LogP contribution in [-0.4, -0.2) is 11.5 Å². The summed E-state index contributed by atoms with van der Waals surface area (Å²) >= 11 is 0. The minimum absolute atomic E-state index is 0.712. The Morgan fingerprint density at radius 1 is 0.359 bits per heavy atom. The molecule has 0 fully saturated rings. The molecule has 0 saturated heterocycles. The molecule has 2 heterocycles. The van der Waals surface area contributed by atoms with Gasteiger partial charge in [-0.1, -0.05) is 176 Å². The van der Waals surface area contributed by atoms with Crippen LogP contribution in [0, 0.1) is 0 Å². The Hall–Kier alpha value is -8.14. The summed E-state index contributed by atoms with van der Waals surface area (Å²) in [6, 6.07) is 75.8. The zero-order valence-corrected chi connectivity index (χ0v) is 35.4. The van der Waals surface area contributed by atoms with E-state index in [1.807, 2.05) is 0 Å². The van der Waals surface area contributed by atoms with Crippen molar-refractivity contribution in [3.8, 4) is 33.4 Å². The van der Waals surface area contributed by atoms with Crippen LogP contribution >= 0.6 is 0 Å². The Morgan fingerprint density at radius 2 is 0.953 bits per heavy atom. The summed E-state index contributed by atoms with van der Waals surface area (Å²) in [7, 11) is 0. The van der Waals surface area contributed by atoms with Crippen molar-refractivity contribution in [2.45, 2.75) is 19.8 Å². The Morgan fingerprint density at radius 3 is 1.73 bits per heavy atom. The number of amidine groups is 1. The highest BCUT2D eigenvalue weighted by atomic mass is 16.3. The smallest absolute Gasteiger partial charge is 0.160 e. The first-order chi connectivity index (χ1) is 31.6. The standard InChI is InChI=1S/C61H42N2O/c1-39-30-35-56(41-18-6-3-7-19-41)62-61(63-60(39)55-37-45-20-8-9-23-46(45)47-24-10-13-27-50(47)55)53-34-33-51(48-25-11-12-26-49(48)53)52-28-15-29-57-59(52)54-32-31-44(38-58(54)64-57)43-22-14-21-42(36-43)40-16-4-2-5-17-40/h2-29,31-34,36-38H,30,35H2,1H3/b60-39+,62-56+,63-61-. The number of nitrogens with zero attached hydrogens (tertiary/aromatic N) is 2. The van der Waals surface area contributed by atoms with Crippen molar-refractivity contribution in [1.29, 1.82) is 0 Å². The molecule has 0 atom stereocenters. The van der Waals surface area contributed by atoms with Gasteiger partial charge in [-0.15, -0.1) is 0 Å². The van der Waals surface area contributed by atoms with Gasteiger partial charge in [-0.25, -0.2) is 9.98 Å². The van der Waals surface area contributed by atoms with Crippen molar-refractivity contribution in [2.24, 2.45) is 9.98 Å². The topological polar surface area (TPSA) is 37.9 Å². The van der Waals surface area contributed by atoms with E-state index >= 15 is 0 Å². The molecule has 1 aliphatic heterocycles. The fourth-order valence-electron chi connectivity index (χ4n) is 9.80. The van der Waals surface area contributed by atoms with E-state index in [9.17, 15) is 0 Å². The lowest BCUT2D eigenvalue weighted by Gasteiger charge is -2.19. The zero-order valence-electron chi connectivity index (χ0n) is 35.4. The van der Waals surface area contributed by atoms with Crippen molar-refractivity contribution in [3.05, 3.63) is 235 Å². The van der Waals surface area contributed by atoms with Crippen molar-refractivity contribution in [1.82, 2.24) is 0 Å². The van der Waals surface area contributed by atoms with Gasteiger partial charge in [0.05, 0.1) is 11.4 Å². The van der Waals surface area contributed by atoms with Crippen LogP contribution in [0.4, 0.5) is 0 Å². The normalized spacial score (nSPS) is 16.1. The molecule has 0 spiro atoms. The molecule has 3 nitrogen and oxygen atoms in total. The van der Waals surface area contributed by atoms with Crippen molar-refractivity contribution >= 4 is 71.5 Å². The molecule has 3 heteroatoms. The number of fused-ring (bicyclic) bond motifs is 7.